The number of halogens is 2. The fourth-order valence-electron chi connectivity index (χ4n) is 2.52. The molecule has 0 bridgehead atoms. The number of hydrogen-bond acceptors (Lipinski definition) is 3. The molecule has 0 saturated heterocycles. The normalized spacial score (nSPS) is 11.4. The Morgan fingerprint density at radius 2 is 1.92 bits per heavy atom. The molecule has 0 aliphatic carbocycles. The first-order chi connectivity index (χ1) is 11.4. The van der Waals surface area contributed by atoms with E-state index >= 15 is 0 Å². The van der Waals surface area contributed by atoms with Crippen LogP contribution in [-0.2, 0) is 6.42 Å². The minimum atomic E-state index is 0.289. The van der Waals surface area contributed by atoms with Gasteiger partial charge in [-0.2, -0.15) is 16.4 Å². The zero-order valence-electron chi connectivity index (χ0n) is 13.7. The lowest BCUT2D eigenvalue weighted by Crippen LogP contribution is -2.04. The first-order valence-corrected chi connectivity index (χ1v) is 10.2. The largest absolute Gasteiger partial charge is 0.256 e. The molecule has 0 atom stereocenters. The molecular weight excluding hydrogens is 379 g/mol. The number of nitrogens with zero attached hydrogens (tertiary/aromatic N) is 2. The van der Waals surface area contributed by atoms with Gasteiger partial charge in [0.25, 0.3) is 0 Å². The van der Waals surface area contributed by atoms with Gasteiger partial charge in [-0.1, -0.05) is 35.0 Å². The van der Waals surface area contributed by atoms with E-state index in [9.17, 15) is 0 Å². The van der Waals surface area contributed by atoms with E-state index in [1.54, 1.807) is 29.2 Å². The van der Waals surface area contributed by atoms with E-state index in [-0.39, 0.29) is 6.04 Å². The topological polar surface area (TPSA) is 17.8 Å². The van der Waals surface area contributed by atoms with E-state index < -0.39 is 0 Å². The molecule has 2 nitrogen and oxygen atoms in total. The molecule has 0 N–H and O–H groups in total. The molecule has 0 fully saturated rings. The fourth-order valence-corrected chi connectivity index (χ4v) is 5.13. The number of hydrogen-bond donors (Lipinski definition) is 0. The Kier molecular flexibility index (Phi) is 5.60. The van der Waals surface area contributed by atoms with Crippen molar-refractivity contribution >= 4 is 46.3 Å². The van der Waals surface area contributed by atoms with Crippen LogP contribution in [-0.4, -0.2) is 9.78 Å². The molecule has 0 spiro atoms. The third kappa shape index (κ3) is 3.99. The summed E-state index contributed by atoms with van der Waals surface area (Å²) in [7, 11) is 0. The maximum Gasteiger partial charge on any atom is 0.103 e. The van der Waals surface area contributed by atoms with Crippen LogP contribution in [0, 0.1) is 6.92 Å². The summed E-state index contributed by atoms with van der Waals surface area (Å²) in [5.74, 6) is 0. The van der Waals surface area contributed by atoms with E-state index in [4.69, 9.17) is 28.3 Å². The second-order valence-electron chi connectivity index (χ2n) is 5.92. The fraction of sp³-hybridized carbons (Fsp3) is 0.278. The van der Waals surface area contributed by atoms with Crippen molar-refractivity contribution in [2.24, 2.45) is 0 Å². The molecule has 0 amide bonds. The molecule has 126 valence electrons. The van der Waals surface area contributed by atoms with Gasteiger partial charge in [0.15, 0.2) is 0 Å². The number of rotatable bonds is 5. The minimum Gasteiger partial charge on any atom is -0.256 e. The zero-order chi connectivity index (χ0) is 17.3. The number of benzene rings is 1. The lowest BCUT2D eigenvalue weighted by molar-refractivity contribution is 0.489. The van der Waals surface area contributed by atoms with Gasteiger partial charge < -0.3 is 0 Å². The highest BCUT2D eigenvalue weighted by molar-refractivity contribution is 7.99. The molecule has 6 heteroatoms. The molecule has 0 saturated carbocycles. The first-order valence-electron chi connectivity index (χ1n) is 7.67. The van der Waals surface area contributed by atoms with Gasteiger partial charge in [-0.25, -0.2) is 0 Å². The van der Waals surface area contributed by atoms with Gasteiger partial charge in [-0.15, -0.1) is 0 Å². The third-order valence-corrected chi connectivity index (χ3v) is 5.93. The maximum atomic E-state index is 6.16. The van der Waals surface area contributed by atoms with Crippen molar-refractivity contribution in [3.63, 3.8) is 0 Å². The second kappa shape index (κ2) is 7.52. The van der Waals surface area contributed by atoms with Gasteiger partial charge in [0.2, 0.25) is 0 Å². The van der Waals surface area contributed by atoms with Gasteiger partial charge in [0, 0.05) is 33.0 Å². The minimum absolute atomic E-state index is 0.289. The summed E-state index contributed by atoms with van der Waals surface area (Å²) in [4.78, 5) is 1.03. The Morgan fingerprint density at radius 3 is 2.50 bits per heavy atom. The molecule has 3 aromatic rings. The van der Waals surface area contributed by atoms with Gasteiger partial charge in [0.1, 0.15) is 5.03 Å². The van der Waals surface area contributed by atoms with Crippen molar-refractivity contribution < 1.29 is 0 Å². The van der Waals surface area contributed by atoms with Crippen LogP contribution < -0.4 is 0 Å². The molecular formula is C18H18Cl2N2S2. The molecule has 2 aromatic heterocycles. The highest BCUT2D eigenvalue weighted by Gasteiger charge is 2.19. The third-order valence-electron chi connectivity index (χ3n) is 3.66. The van der Waals surface area contributed by atoms with E-state index in [0.29, 0.717) is 10.0 Å². The molecule has 1 aromatic carbocycles. The van der Waals surface area contributed by atoms with Gasteiger partial charge in [0.05, 0.1) is 5.69 Å². The van der Waals surface area contributed by atoms with Crippen LogP contribution in [0.3, 0.4) is 0 Å². The van der Waals surface area contributed by atoms with Crippen molar-refractivity contribution in [2.75, 3.05) is 0 Å². The van der Waals surface area contributed by atoms with Gasteiger partial charge >= 0.3 is 0 Å². The molecule has 2 heterocycles. The summed E-state index contributed by atoms with van der Waals surface area (Å²) in [5.41, 5.74) is 3.66. The van der Waals surface area contributed by atoms with Gasteiger partial charge in [-0.05, 0) is 61.4 Å². The van der Waals surface area contributed by atoms with E-state index in [2.05, 4.69) is 42.3 Å². The first kappa shape index (κ1) is 17.9. The Morgan fingerprint density at radius 1 is 1.21 bits per heavy atom. The molecule has 3 rings (SSSR count). The predicted octanol–water partition coefficient (Wildman–Crippen LogP) is 6.88. The van der Waals surface area contributed by atoms with Crippen LogP contribution in [0.4, 0.5) is 0 Å². The maximum absolute atomic E-state index is 6.16. The summed E-state index contributed by atoms with van der Waals surface area (Å²) in [6, 6.07) is 8.10. The number of thiophene rings is 1. The number of aromatic nitrogens is 2. The molecule has 0 radical (unpaired) electrons. The van der Waals surface area contributed by atoms with Crippen molar-refractivity contribution in [3.8, 4) is 0 Å². The molecule has 24 heavy (non-hydrogen) atoms. The Balaban J connectivity index is 2.03. The lowest BCUT2D eigenvalue weighted by atomic mass is 10.1. The average molecular weight is 397 g/mol. The van der Waals surface area contributed by atoms with Crippen molar-refractivity contribution in [1.82, 2.24) is 9.78 Å². The predicted molar refractivity (Wildman–Crippen MR) is 105 cm³/mol. The van der Waals surface area contributed by atoms with Crippen molar-refractivity contribution in [3.05, 3.63) is 61.9 Å². The van der Waals surface area contributed by atoms with Crippen LogP contribution in [0.15, 0.2) is 44.9 Å². The van der Waals surface area contributed by atoms with Crippen LogP contribution in [0.2, 0.25) is 10.0 Å². The highest BCUT2D eigenvalue weighted by Crippen LogP contribution is 2.37. The Bertz CT molecular complexity index is 819. The monoisotopic (exact) mass is 396 g/mol. The smallest absolute Gasteiger partial charge is 0.103 e. The Hall–Kier alpha value is -0.940. The Labute approximate surface area is 160 Å². The summed E-state index contributed by atoms with van der Waals surface area (Å²) in [5, 5.41) is 11.5. The summed E-state index contributed by atoms with van der Waals surface area (Å²) < 4.78 is 2.09. The van der Waals surface area contributed by atoms with Crippen molar-refractivity contribution in [2.45, 2.75) is 43.2 Å². The highest BCUT2D eigenvalue weighted by atomic mass is 35.5. The standard InChI is InChI=1S/C18H18Cl2N2S2/c1-11(2)22-18(24-16-8-14(19)7-15(20)9-16)17(12(3)21-22)6-13-4-5-23-10-13/h4-5,7-11H,6H2,1-3H3. The van der Waals surface area contributed by atoms with Crippen LogP contribution >= 0.6 is 46.3 Å². The summed E-state index contributed by atoms with van der Waals surface area (Å²) >= 11 is 15.7. The second-order valence-corrected chi connectivity index (χ2v) is 8.64. The van der Waals surface area contributed by atoms with E-state index in [1.165, 1.54) is 11.1 Å². The van der Waals surface area contributed by atoms with E-state index in [1.807, 2.05) is 12.1 Å². The summed E-state index contributed by atoms with van der Waals surface area (Å²) in [6.45, 7) is 6.38. The molecule has 0 unspecified atom stereocenters. The zero-order valence-corrected chi connectivity index (χ0v) is 16.9. The molecule has 0 aliphatic rings. The summed E-state index contributed by atoms with van der Waals surface area (Å²) in [6.07, 6.45) is 0.888. The SMILES string of the molecule is Cc1nn(C(C)C)c(Sc2cc(Cl)cc(Cl)c2)c1Cc1ccsc1. The average Bonchev–Trinajstić information content (AvgIpc) is 3.09. The van der Waals surface area contributed by atoms with Gasteiger partial charge in [-0.3, -0.25) is 4.68 Å². The lowest BCUT2D eigenvalue weighted by Gasteiger charge is -2.12. The van der Waals surface area contributed by atoms with Crippen molar-refractivity contribution in [1.29, 1.82) is 0 Å². The van der Waals surface area contributed by atoms with Crippen LogP contribution in [0.1, 0.15) is 36.7 Å². The molecule has 0 aliphatic heterocycles. The quantitative estimate of drug-likeness (QED) is 0.467. The van der Waals surface area contributed by atoms with E-state index in [0.717, 1.165) is 22.0 Å². The van der Waals surface area contributed by atoms with Crippen LogP contribution in [0.25, 0.3) is 0 Å². The van der Waals surface area contributed by atoms with Crippen LogP contribution in [0.5, 0.6) is 0 Å². The number of aryl methyl sites for hydroxylation is 1.